The smallest absolute Gasteiger partial charge is 0.241 e. The monoisotopic (exact) mass is 237 g/mol. The van der Waals surface area contributed by atoms with Gasteiger partial charge in [0.2, 0.25) is 5.91 Å². The molecule has 0 bridgehead atoms. The Kier molecular flexibility index (Phi) is 3.21. The van der Waals surface area contributed by atoms with Gasteiger partial charge in [-0.1, -0.05) is 0 Å². The Morgan fingerprint density at radius 2 is 2.12 bits per heavy atom. The normalized spacial score (nSPS) is 15.3. The SMILES string of the molecule is Cc1nn(C)c(NCC(=O)N2CCCC2)c1N. The molecule has 0 unspecified atom stereocenters. The maximum Gasteiger partial charge on any atom is 0.241 e. The molecule has 1 aliphatic rings. The molecule has 1 aromatic heterocycles. The number of anilines is 2. The summed E-state index contributed by atoms with van der Waals surface area (Å²) in [5, 5.41) is 7.25. The zero-order chi connectivity index (χ0) is 12.4. The first-order chi connectivity index (χ1) is 8.09. The van der Waals surface area contributed by atoms with Crippen LogP contribution in [0.15, 0.2) is 0 Å². The average Bonchev–Trinajstić information content (AvgIpc) is 2.88. The summed E-state index contributed by atoms with van der Waals surface area (Å²) in [6, 6.07) is 0. The lowest BCUT2D eigenvalue weighted by Crippen LogP contribution is -2.33. The number of likely N-dealkylation sites (tertiary alicyclic amines) is 1. The van der Waals surface area contributed by atoms with Crippen LogP contribution in [0.1, 0.15) is 18.5 Å². The van der Waals surface area contributed by atoms with Crippen molar-refractivity contribution in [3.8, 4) is 0 Å². The lowest BCUT2D eigenvalue weighted by Gasteiger charge is -2.16. The summed E-state index contributed by atoms with van der Waals surface area (Å²) < 4.78 is 1.67. The fourth-order valence-corrected chi connectivity index (χ4v) is 2.12. The van der Waals surface area contributed by atoms with Crippen LogP contribution >= 0.6 is 0 Å². The van der Waals surface area contributed by atoms with Crippen LogP contribution in [0.3, 0.4) is 0 Å². The molecular weight excluding hydrogens is 218 g/mol. The number of carbonyl (C=O) groups excluding carboxylic acids is 1. The molecule has 1 amide bonds. The van der Waals surface area contributed by atoms with E-state index in [1.807, 2.05) is 18.9 Å². The van der Waals surface area contributed by atoms with Crippen LogP contribution in [-0.2, 0) is 11.8 Å². The molecule has 6 nitrogen and oxygen atoms in total. The van der Waals surface area contributed by atoms with E-state index in [-0.39, 0.29) is 12.5 Å². The molecule has 0 spiro atoms. The number of nitrogens with zero attached hydrogens (tertiary/aromatic N) is 3. The van der Waals surface area contributed by atoms with Crippen molar-refractivity contribution in [2.45, 2.75) is 19.8 Å². The Balaban J connectivity index is 1.95. The summed E-state index contributed by atoms with van der Waals surface area (Å²) in [6.45, 7) is 3.88. The number of hydrogen-bond donors (Lipinski definition) is 2. The minimum Gasteiger partial charge on any atom is -0.394 e. The Hall–Kier alpha value is -1.72. The molecule has 0 atom stereocenters. The second kappa shape index (κ2) is 4.65. The molecule has 94 valence electrons. The molecular formula is C11H19N5O. The first-order valence-corrected chi connectivity index (χ1v) is 5.90. The molecule has 2 rings (SSSR count). The molecule has 3 N–H and O–H groups in total. The van der Waals surface area contributed by atoms with E-state index in [1.165, 1.54) is 0 Å². The van der Waals surface area contributed by atoms with Crippen molar-refractivity contribution in [3.05, 3.63) is 5.69 Å². The fraction of sp³-hybridized carbons (Fsp3) is 0.636. The van der Waals surface area contributed by atoms with E-state index in [9.17, 15) is 4.79 Å². The molecule has 1 aromatic rings. The Labute approximate surface area is 101 Å². The highest BCUT2D eigenvalue weighted by Crippen LogP contribution is 2.20. The molecule has 0 saturated carbocycles. The van der Waals surface area contributed by atoms with E-state index >= 15 is 0 Å². The van der Waals surface area contributed by atoms with Gasteiger partial charge in [0, 0.05) is 20.1 Å². The second-order valence-electron chi connectivity index (χ2n) is 4.41. The van der Waals surface area contributed by atoms with Gasteiger partial charge < -0.3 is 16.0 Å². The molecule has 6 heteroatoms. The van der Waals surface area contributed by atoms with Crippen LogP contribution in [-0.4, -0.2) is 40.2 Å². The molecule has 17 heavy (non-hydrogen) atoms. The van der Waals surface area contributed by atoms with E-state index in [0.29, 0.717) is 5.69 Å². The highest BCUT2D eigenvalue weighted by Gasteiger charge is 2.18. The summed E-state index contributed by atoms with van der Waals surface area (Å²) in [5.41, 5.74) is 7.27. The lowest BCUT2D eigenvalue weighted by atomic mass is 10.4. The number of aryl methyl sites for hydroxylation is 2. The first-order valence-electron chi connectivity index (χ1n) is 5.90. The largest absolute Gasteiger partial charge is 0.394 e. The summed E-state index contributed by atoms with van der Waals surface area (Å²) in [6.07, 6.45) is 2.22. The summed E-state index contributed by atoms with van der Waals surface area (Å²) >= 11 is 0. The van der Waals surface area contributed by atoms with Gasteiger partial charge in [0.05, 0.1) is 17.9 Å². The molecule has 0 radical (unpaired) electrons. The predicted molar refractivity (Wildman–Crippen MR) is 66.7 cm³/mol. The summed E-state index contributed by atoms with van der Waals surface area (Å²) in [7, 11) is 1.81. The summed E-state index contributed by atoms with van der Waals surface area (Å²) in [4.78, 5) is 13.7. The molecule has 2 heterocycles. The third kappa shape index (κ3) is 2.35. The van der Waals surface area contributed by atoms with Crippen molar-refractivity contribution in [2.24, 2.45) is 7.05 Å². The molecule has 0 aromatic carbocycles. The number of nitrogens with one attached hydrogen (secondary N) is 1. The van der Waals surface area contributed by atoms with Crippen molar-refractivity contribution < 1.29 is 4.79 Å². The van der Waals surface area contributed by atoms with E-state index < -0.39 is 0 Å². The Bertz CT molecular complexity index is 420. The number of carbonyl (C=O) groups is 1. The standard InChI is InChI=1S/C11H19N5O/c1-8-10(12)11(15(2)14-8)13-7-9(17)16-5-3-4-6-16/h13H,3-7,12H2,1-2H3. The van der Waals surface area contributed by atoms with Gasteiger partial charge in [0.25, 0.3) is 0 Å². The average molecular weight is 237 g/mol. The number of hydrogen-bond acceptors (Lipinski definition) is 4. The van der Waals surface area contributed by atoms with E-state index in [1.54, 1.807) is 4.68 Å². The van der Waals surface area contributed by atoms with Gasteiger partial charge in [-0.15, -0.1) is 0 Å². The number of amides is 1. The fourth-order valence-electron chi connectivity index (χ4n) is 2.12. The minimum atomic E-state index is 0.126. The summed E-state index contributed by atoms with van der Waals surface area (Å²) in [5.74, 6) is 0.843. The van der Waals surface area contributed by atoms with Crippen LogP contribution in [0.25, 0.3) is 0 Å². The molecule has 1 fully saturated rings. The van der Waals surface area contributed by atoms with Crippen molar-refractivity contribution in [1.29, 1.82) is 0 Å². The molecule has 0 aliphatic carbocycles. The molecule has 1 saturated heterocycles. The van der Waals surface area contributed by atoms with E-state index in [4.69, 9.17) is 5.73 Å². The third-order valence-electron chi connectivity index (χ3n) is 3.13. The third-order valence-corrected chi connectivity index (χ3v) is 3.13. The van der Waals surface area contributed by atoms with Crippen molar-refractivity contribution >= 4 is 17.4 Å². The Morgan fingerprint density at radius 3 is 2.65 bits per heavy atom. The highest BCUT2D eigenvalue weighted by atomic mass is 16.2. The first kappa shape index (κ1) is 11.8. The van der Waals surface area contributed by atoms with Crippen molar-refractivity contribution in [3.63, 3.8) is 0 Å². The maximum atomic E-state index is 11.8. The predicted octanol–water partition coefficient (Wildman–Crippen LogP) is 0.345. The van der Waals surface area contributed by atoms with Crippen LogP contribution < -0.4 is 11.1 Å². The highest BCUT2D eigenvalue weighted by molar-refractivity contribution is 5.82. The Morgan fingerprint density at radius 1 is 1.47 bits per heavy atom. The van der Waals surface area contributed by atoms with Gasteiger partial charge in [-0.25, -0.2) is 0 Å². The van der Waals surface area contributed by atoms with Crippen LogP contribution in [0.4, 0.5) is 11.5 Å². The van der Waals surface area contributed by atoms with Gasteiger partial charge in [0.15, 0.2) is 0 Å². The van der Waals surface area contributed by atoms with Gasteiger partial charge in [-0.05, 0) is 19.8 Å². The minimum absolute atomic E-state index is 0.126. The van der Waals surface area contributed by atoms with Crippen LogP contribution in [0.2, 0.25) is 0 Å². The second-order valence-corrected chi connectivity index (χ2v) is 4.41. The quantitative estimate of drug-likeness (QED) is 0.795. The lowest BCUT2D eigenvalue weighted by molar-refractivity contribution is -0.128. The number of rotatable bonds is 3. The van der Waals surface area contributed by atoms with Crippen LogP contribution in [0, 0.1) is 6.92 Å². The maximum absolute atomic E-state index is 11.8. The van der Waals surface area contributed by atoms with E-state index in [0.717, 1.165) is 37.4 Å². The number of nitrogens with two attached hydrogens (primary N) is 1. The number of nitrogen functional groups attached to an aromatic ring is 1. The van der Waals surface area contributed by atoms with Gasteiger partial charge >= 0.3 is 0 Å². The zero-order valence-corrected chi connectivity index (χ0v) is 10.4. The number of aromatic nitrogens is 2. The molecule has 1 aliphatic heterocycles. The van der Waals surface area contributed by atoms with Crippen molar-refractivity contribution in [1.82, 2.24) is 14.7 Å². The van der Waals surface area contributed by atoms with Gasteiger partial charge in [-0.2, -0.15) is 5.10 Å². The zero-order valence-electron chi connectivity index (χ0n) is 10.4. The topological polar surface area (TPSA) is 76.2 Å². The van der Waals surface area contributed by atoms with Gasteiger partial charge in [0.1, 0.15) is 5.82 Å². The van der Waals surface area contributed by atoms with E-state index in [2.05, 4.69) is 10.4 Å². The van der Waals surface area contributed by atoms with Gasteiger partial charge in [-0.3, -0.25) is 9.48 Å². The van der Waals surface area contributed by atoms with Crippen LogP contribution in [0.5, 0.6) is 0 Å². The van der Waals surface area contributed by atoms with Crippen molar-refractivity contribution in [2.75, 3.05) is 30.7 Å².